The molecule has 1 aliphatic carbocycles. The van der Waals surface area contributed by atoms with Crippen LogP contribution >= 0.6 is 0 Å². The molecule has 1 aromatic heterocycles. The Morgan fingerprint density at radius 3 is 2.41 bits per heavy atom. The molecule has 2 aromatic carbocycles. The Kier molecular flexibility index (Phi) is 6.81. The molecular weight excluding hydrogens is 447 g/mol. The predicted octanol–water partition coefficient (Wildman–Crippen LogP) is 4.76. The van der Waals surface area contributed by atoms with E-state index < -0.39 is 11.9 Å². The van der Waals surface area contributed by atoms with Gasteiger partial charge in [-0.2, -0.15) is 18.3 Å². The minimum Gasteiger partial charge on any atom is -0.493 e. The number of fused-ring (bicyclic) bond motifs is 1. The van der Waals surface area contributed by atoms with Gasteiger partial charge in [-0.3, -0.25) is 4.79 Å². The van der Waals surface area contributed by atoms with Gasteiger partial charge >= 0.3 is 6.18 Å². The summed E-state index contributed by atoms with van der Waals surface area (Å²) in [6.45, 7) is 0.414. The molecule has 1 aliphatic rings. The maximum atomic E-state index is 13.5. The summed E-state index contributed by atoms with van der Waals surface area (Å²) >= 11 is 0. The van der Waals surface area contributed by atoms with Crippen LogP contribution in [-0.4, -0.2) is 36.5 Å². The van der Waals surface area contributed by atoms with Crippen molar-refractivity contribution in [1.29, 1.82) is 0 Å². The minimum atomic E-state index is -4.49. The van der Waals surface area contributed by atoms with Crippen molar-refractivity contribution in [2.45, 2.75) is 38.3 Å². The van der Waals surface area contributed by atoms with E-state index in [0.717, 1.165) is 18.4 Å². The quantitative estimate of drug-likeness (QED) is 0.538. The molecule has 0 atom stereocenters. The fraction of sp³-hybridized carbons (Fsp3) is 0.360. The number of carbonyl (C=O) groups excluding carboxylic acids is 1. The highest BCUT2D eigenvalue weighted by molar-refractivity contribution is 5.94. The SMILES string of the molecule is COc1ccc(CCNC(=O)c2ccc(-n3nc(C(F)(F)F)c4c3CCCC4)cc2)cc1OC. The van der Waals surface area contributed by atoms with Gasteiger partial charge in [0.15, 0.2) is 17.2 Å². The van der Waals surface area contributed by atoms with E-state index in [2.05, 4.69) is 10.4 Å². The molecule has 0 fully saturated rings. The molecule has 0 spiro atoms. The second-order valence-corrected chi connectivity index (χ2v) is 8.13. The van der Waals surface area contributed by atoms with Crippen LogP contribution < -0.4 is 14.8 Å². The van der Waals surface area contributed by atoms with E-state index in [-0.39, 0.29) is 11.5 Å². The van der Waals surface area contributed by atoms with E-state index >= 15 is 0 Å². The number of nitrogens with zero attached hydrogens (tertiary/aromatic N) is 2. The number of aromatic nitrogens is 2. The molecule has 1 N–H and O–H groups in total. The topological polar surface area (TPSA) is 65.4 Å². The Hall–Kier alpha value is -3.49. The molecule has 9 heteroatoms. The predicted molar refractivity (Wildman–Crippen MR) is 121 cm³/mol. The van der Waals surface area contributed by atoms with Gasteiger partial charge in [-0.25, -0.2) is 4.68 Å². The summed E-state index contributed by atoms with van der Waals surface area (Å²) in [4.78, 5) is 12.5. The summed E-state index contributed by atoms with van der Waals surface area (Å²) in [7, 11) is 3.13. The lowest BCUT2D eigenvalue weighted by atomic mass is 9.95. The van der Waals surface area contributed by atoms with Crippen molar-refractivity contribution in [2.75, 3.05) is 20.8 Å². The van der Waals surface area contributed by atoms with Gasteiger partial charge in [0.2, 0.25) is 0 Å². The normalized spacial score (nSPS) is 13.3. The number of amides is 1. The maximum absolute atomic E-state index is 13.5. The number of halogens is 3. The number of ether oxygens (including phenoxy) is 2. The van der Waals surface area contributed by atoms with Crippen LogP contribution in [0.15, 0.2) is 42.5 Å². The van der Waals surface area contributed by atoms with Gasteiger partial charge < -0.3 is 14.8 Å². The summed E-state index contributed by atoms with van der Waals surface area (Å²) in [6.07, 6.45) is -1.40. The molecule has 34 heavy (non-hydrogen) atoms. The number of rotatable bonds is 7. The van der Waals surface area contributed by atoms with Gasteiger partial charge in [-0.15, -0.1) is 0 Å². The molecule has 1 amide bonds. The first-order chi connectivity index (χ1) is 16.3. The molecule has 6 nitrogen and oxygen atoms in total. The first-order valence-corrected chi connectivity index (χ1v) is 11.1. The van der Waals surface area contributed by atoms with Crippen molar-refractivity contribution >= 4 is 5.91 Å². The summed E-state index contributed by atoms with van der Waals surface area (Å²) < 4.78 is 52.3. The van der Waals surface area contributed by atoms with Crippen LogP contribution in [0.1, 0.15) is 45.7 Å². The lowest BCUT2D eigenvalue weighted by Gasteiger charge is -2.15. The number of hydrogen-bond donors (Lipinski definition) is 1. The average molecular weight is 473 g/mol. The molecule has 3 aromatic rings. The van der Waals surface area contributed by atoms with Crippen molar-refractivity contribution in [3.8, 4) is 17.2 Å². The van der Waals surface area contributed by atoms with Crippen molar-refractivity contribution in [3.05, 3.63) is 70.5 Å². The van der Waals surface area contributed by atoms with E-state index in [1.807, 2.05) is 18.2 Å². The highest BCUT2D eigenvalue weighted by atomic mass is 19.4. The third kappa shape index (κ3) is 4.88. The Labute approximate surface area is 195 Å². The lowest BCUT2D eigenvalue weighted by Crippen LogP contribution is -2.25. The van der Waals surface area contributed by atoms with Crippen LogP contribution in [0.4, 0.5) is 13.2 Å². The van der Waals surface area contributed by atoms with Crippen LogP contribution in [0, 0.1) is 0 Å². The van der Waals surface area contributed by atoms with Crippen LogP contribution in [0.2, 0.25) is 0 Å². The van der Waals surface area contributed by atoms with Gasteiger partial charge in [0, 0.05) is 23.4 Å². The number of benzene rings is 2. The highest BCUT2D eigenvalue weighted by Gasteiger charge is 2.39. The fourth-order valence-corrected chi connectivity index (χ4v) is 4.25. The average Bonchev–Trinajstić information content (AvgIpc) is 3.24. The monoisotopic (exact) mass is 473 g/mol. The highest BCUT2D eigenvalue weighted by Crippen LogP contribution is 2.36. The van der Waals surface area contributed by atoms with Crippen LogP contribution in [0.3, 0.4) is 0 Å². The van der Waals surface area contributed by atoms with E-state index in [1.165, 1.54) is 4.68 Å². The molecule has 0 aliphatic heterocycles. The number of nitrogens with one attached hydrogen (secondary N) is 1. The molecule has 1 heterocycles. The molecular formula is C25H26F3N3O3. The van der Waals surface area contributed by atoms with E-state index in [9.17, 15) is 18.0 Å². The maximum Gasteiger partial charge on any atom is 0.435 e. The summed E-state index contributed by atoms with van der Waals surface area (Å²) in [5, 5.41) is 6.75. The van der Waals surface area contributed by atoms with E-state index in [0.29, 0.717) is 54.3 Å². The zero-order valence-corrected chi connectivity index (χ0v) is 19.0. The molecule has 0 saturated carbocycles. The number of methoxy groups -OCH3 is 2. The lowest BCUT2D eigenvalue weighted by molar-refractivity contribution is -0.142. The second kappa shape index (κ2) is 9.79. The third-order valence-electron chi connectivity index (χ3n) is 5.97. The summed E-state index contributed by atoms with van der Waals surface area (Å²) in [6, 6.07) is 12.0. The molecule has 0 unspecified atom stereocenters. The third-order valence-corrected chi connectivity index (χ3v) is 5.97. The van der Waals surface area contributed by atoms with Gasteiger partial charge in [0.05, 0.1) is 19.9 Å². The van der Waals surface area contributed by atoms with Crippen molar-refractivity contribution < 1.29 is 27.4 Å². The molecule has 180 valence electrons. The molecule has 4 rings (SSSR count). The smallest absolute Gasteiger partial charge is 0.435 e. The van der Waals surface area contributed by atoms with E-state index in [4.69, 9.17) is 9.47 Å². The summed E-state index contributed by atoms with van der Waals surface area (Å²) in [5.41, 5.74) is 2.00. The molecule has 0 bridgehead atoms. The second-order valence-electron chi connectivity index (χ2n) is 8.13. The number of alkyl halides is 3. The van der Waals surface area contributed by atoms with Gasteiger partial charge in [-0.1, -0.05) is 6.07 Å². The molecule has 0 saturated heterocycles. The standard InChI is InChI=1S/C25H26F3N3O3/c1-33-21-12-7-16(15-22(21)34-2)13-14-29-24(32)17-8-10-18(11-9-17)31-20-6-4-3-5-19(20)23(30-31)25(26,27)28/h7-12,15H,3-6,13-14H2,1-2H3,(H,29,32). The van der Waals surface area contributed by atoms with Crippen LogP contribution in [0.25, 0.3) is 5.69 Å². The van der Waals surface area contributed by atoms with Gasteiger partial charge in [0.25, 0.3) is 5.91 Å². The number of hydrogen-bond acceptors (Lipinski definition) is 4. The Morgan fingerprint density at radius 1 is 1.03 bits per heavy atom. The van der Waals surface area contributed by atoms with Crippen molar-refractivity contribution in [3.63, 3.8) is 0 Å². The minimum absolute atomic E-state index is 0.259. The summed E-state index contributed by atoms with van der Waals surface area (Å²) in [5.74, 6) is 0.998. The van der Waals surface area contributed by atoms with Gasteiger partial charge in [0.1, 0.15) is 0 Å². The fourth-order valence-electron chi connectivity index (χ4n) is 4.25. The van der Waals surface area contributed by atoms with E-state index in [1.54, 1.807) is 38.5 Å². The van der Waals surface area contributed by atoms with Crippen LogP contribution in [-0.2, 0) is 25.4 Å². The van der Waals surface area contributed by atoms with Crippen molar-refractivity contribution in [1.82, 2.24) is 15.1 Å². The Bertz CT molecular complexity index is 1170. The van der Waals surface area contributed by atoms with Crippen molar-refractivity contribution in [2.24, 2.45) is 0 Å². The Morgan fingerprint density at radius 2 is 1.74 bits per heavy atom. The van der Waals surface area contributed by atoms with Gasteiger partial charge in [-0.05, 0) is 74.1 Å². The first-order valence-electron chi connectivity index (χ1n) is 11.1. The molecule has 0 radical (unpaired) electrons. The number of carbonyl (C=O) groups is 1. The van der Waals surface area contributed by atoms with Crippen LogP contribution in [0.5, 0.6) is 11.5 Å². The first kappa shape index (κ1) is 23.7. The Balaban J connectivity index is 1.43. The largest absolute Gasteiger partial charge is 0.493 e. The zero-order chi connectivity index (χ0) is 24.3. The zero-order valence-electron chi connectivity index (χ0n) is 19.0.